The molecule has 0 atom stereocenters. The van der Waals surface area contributed by atoms with Crippen molar-refractivity contribution in [3.63, 3.8) is 0 Å². The van der Waals surface area contributed by atoms with E-state index in [2.05, 4.69) is 20.8 Å². The highest BCUT2D eigenvalue weighted by Crippen LogP contribution is 2.21. The molecule has 0 amide bonds. The molecule has 0 aliphatic heterocycles. The summed E-state index contributed by atoms with van der Waals surface area (Å²) in [5.74, 6) is -0.934. The number of carboxylic acids is 1. The van der Waals surface area contributed by atoms with Gasteiger partial charge in [0.1, 0.15) is 0 Å². The van der Waals surface area contributed by atoms with Crippen molar-refractivity contribution in [2.24, 2.45) is 0 Å². The van der Waals surface area contributed by atoms with Crippen LogP contribution in [0.1, 0.15) is 36.7 Å². The third kappa shape index (κ3) is 5.30. The van der Waals surface area contributed by atoms with Crippen LogP contribution in [0.25, 0.3) is 0 Å². The van der Waals surface area contributed by atoms with E-state index in [1.165, 1.54) is 0 Å². The predicted molar refractivity (Wildman–Crippen MR) is 78.4 cm³/mol. The minimum atomic E-state index is -0.934. The number of aromatic carboxylic acids is 1. The van der Waals surface area contributed by atoms with Gasteiger partial charge in [0.2, 0.25) is 0 Å². The number of nitrogens with zero attached hydrogens (tertiary/aromatic N) is 1. The first-order chi connectivity index (χ1) is 8.73. The standard InChI is InChI=1S/C14H20BrNO3/c1-4-16(9-14(2,3)19)8-11-6-5-10(13(17)18)7-12(11)15/h5-7,19H,4,8-9H2,1-3H3,(H,17,18). The predicted octanol–water partition coefficient (Wildman–Crippen LogP) is 2.74. The Kier molecular flexibility index (Phi) is 5.52. The van der Waals surface area contributed by atoms with E-state index < -0.39 is 11.6 Å². The zero-order valence-electron chi connectivity index (χ0n) is 11.5. The zero-order chi connectivity index (χ0) is 14.6. The third-order valence-corrected chi connectivity index (χ3v) is 3.49. The van der Waals surface area contributed by atoms with Gasteiger partial charge in [-0.05, 0) is 38.1 Å². The molecular formula is C14H20BrNO3. The lowest BCUT2D eigenvalue weighted by molar-refractivity contribution is 0.0353. The van der Waals surface area contributed by atoms with Crippen LogP contribution in [0.15, 0.2) is 22.7 Å². The highest BCUT2D eigenvalue weighted by Gasteiger charge is 2.18. The molecule has 0 heterocycles. The van der Waals surface area contributed by atoms with E-state index in [0.29, 0.717) is 13.1 Å². The van der Waals surface area contributed by atoms with Crippen molar-refractivity contribution in [1.29, 1.82) is 0 Å². The second-order valence-electron chi connectivity index (χ2n) is 5.23. The average Bonchev–Trinajstić information content (AvgIpc) is 2.28. The lowest BCUT2D eigenvalue weighted by Gasteiger charge is -2.28. The number of carboxylic acid groups (broad SMARTS) is 1. The number of likely N-dealkylation sites (N-methyl/N-ethyl adjacent to an activating group) is 1. The van der Waals surface area contributed by atoms with Crippen molar-refractivity contribution < 1.29 is 15.0 Å². The minimum Gasteiger partial charge on any atom is -0.478 e. The molecule has 5 heteroatoms. The highest BCUT2D eigenvalue weighted by molar-refractivity contribution is 9.10. The van der Waals surface area contributed by atoms with Crippen LogP contribution in [0.4, 0.5) is 0 Å². The molecule has 0 aromatic heterocycles. The minimum absolute atomic E-state index is 0.265. The summed E-state index contributed by atoms with van der Waals surface area (Å²) in [6.45, 7) is 7.64. The third-order valence-electron chi connectivity index (χ3n) is 2.75. The Labute approximate surface area is 122 Å². The molecule has 1 aromatic rings. The topological polar surface area (TPSA) is 60.8 Å². The van der Waals surface area contributed by atoms with Crippen LogP contribution in [0.2, 0.25) is 0 Å². The largest absolute Gasteiger partial charge is 0.478 e. The first-order valence-electron chi connectivity index (χ1n) is 6.19. The summed E-state index contributed by atoms with van der Waals surface area (Å²) < 4.78 is 0.779. The van der Waals surface area contributed by atoms with E-state index in [0.717, 1.165) is 16.6 Å². The van der Waals surface area contributed by atoms with Crippen LogP contribution in [0.3, 0.4) is 0 Å². The Morgan fingerprint density at radius 1 is 1.42 bits per heavy atom. The smallest absolute Gasteiger partial charge is 0.335 e. The summed E-state index contributed by atoms with van der Waals surface area (Å²) in [6, 6.07) is 5.01. The molecular weight excluding hydrogens is 310 g/mol. The second-order valence-corrected chi connectivity index (χ2v) is 6.08. The Morgan fingerprint density at radius 2 is 2.05 bits per heavy atom. The molecule has 19 heavy (non-hydrogen) atoms. The van der Waals surface area contributed by atoms with E-state index in [-0.39, 0.29) is 5.56 Å². The first-order valence-corrected chi connectivity index (χ1v) is 6.98. The van der Waals surface area contributed by atoms with Gasteiger partial charge in [-0.3, -0.25) is 4.90 Å². The zero-order valence-corrected chi connectivity index (χ0v) is 13.1. The Balaban J connectivity index is 2.83. The Morgan fingerprint density at radius 3 is 2.47 bits per heavy atom. The molecule has 1 rings (SSSR count). The molecule has 1 aromatic carbocycles. The molecule has 2 N–H and O–H groups in total. The number of rotatable bonds is 6. The van der Waals surface area contributed by atoms with Crippen LogP contribution in [0, 0.1) is 0 Å². The molecule has 0 spiro atoms. The lowest BCUT2D eigenvalue weighted by Crippen LogP contribution is -2.38. The van der Waals surface area contributed by atoms with Gasteiger partial charge in [0.25, 0.3) is 0 Å². The first kappa shape index (κ1) is 16.1. The van der Waals surface area contributed by atoms with Crippen molar-refractivity contribution in [3.05, 3.63) is 33.8 Å². The number of hydrogen-bond acceptors (Lipinski definition) is 3. The lowest BCUT2D eigenvalue weighted by atomic mass is 10.1. The average molecular weight is 330 g/mol. The van der Waals surface area contributed by atoms with Crippen LogP contribution >= 0.6 is 15.9 Å². The number of carbonyl (C=O) groups is 1. The molecule has 0 aliphatic rings. The maximum atomic E-state index is 10.9. The summed E-state index contributed by atoms with van der Waals surface area (Å²) in [5.41, 5.74) is 0.529. The fourth-order valence-electron chi connectivity index (χ4n) is 1.88. The SMILES string of the molecule is CCN(Cc1ccc(C(=O)O)cc1Br)CC(C)(C)O. The maximum absolute atomic E-state index is 10.9. The fraction of sp³-hybridized carbons (Fsp3) is 0.500. The molecule has 106 valence electrons. The molecule has 0 saturated heterocycles. The number of benzene rings is 1. The van der Waals surface area contributed by atoms with Gasteiger partial charge in [0, 0.05) is 17.6 Å². The van der Waals surface area contributed by atoms with Crippen molar-refractivity contribution in [1.82, 2.24) is 4.90 Å². The van der Waals surface area contributed by atoms with Gasteiger partial charge in [-0.15, -0.1) is 0 Å². The Hall–Kier alpha value is -0.910. The quantitative estimate of drug-likeness (QED) is 0.842. The van der Waals surface area contributed by atoms with Crippen LogP contribution < -0.4 is 0 Å². The van der Waals surface area contributed by atoms with Gasteiger partial charge in [-0.2, -0.15) is 0 Å². The van der Waals surface area contributed by atoms with Gasteiger partial charge in [0.15, 0.2) is 0 Å². The van der Waals surface area contributed by atoms with Gasteiger partial charge in [0.05, 0.1) is 11.2 Å². The monoisotopic (exact) mass is 329 g/mol. The Bertz CT molecular complexity index is 454. The molecule has 0 fully saturated rings. The fourth-order valence-corrected chi connectivity index (χ4v) is 2.38. The normalized spacial score (nSPS) is 11.9. The van der Waals surface area contributed by atoms with Crippen molar-refractivity contribution in [2.45, 2.75) is 32.9 Å². The molecule has 0 bridgehead atoms. The van der Waals surface area contributed by atoms with E-state index in [4.69, 9.17) is 5.11 Å². The molecule has 4 nitrogen and oxygen atoms in total. The van der Waals surface area contributed by atoms with Crippen molar-refractivity contribution >= 4 is 21.9 Å². The molecule has 0 saturated carbocycles. The van der Waals surface area contributed by atoms with Crippen molar-refractivity contribution in [2.75, 3.05) is 13.1 Å². The van der Waals surface area contributed by atoms with E-state index in [9.17, 15) is 9.90 Å². The summed E-state index contributed by atoms with van der Waals surface area (Å²) in [6.07, 6.45) is 0. The maximum Gasteiger partial charge on any atom is 0.335 e. The molecule has 0 radical (unpaired) electrons. The van der Waals surface area contributed by atoms with Crippen LogP contribution in [0.5, 0.6) is 0 Å². The number of halogens is 1. The molecule has 0 unspecified atom stereocenters. The summed E-state index contributed by atoms with van der Waals surface area (Å²) in [4.78, 5) is 13.0. The van der Waals surface area contributed by atoms with Gasteiger partial charge >= 0.3 is 5.97 Å². The van der Waals surface area contributed by atoms with Crippen LogP contribution in [-0.4, -0.2) is 39.8 Å². The highest BCUT2D eigenvalue weighted by atomic mass is 79.9. The van der Waals surface area contributed by atoms with E-state index >= 15 is 0 Å². The number of aliphatic hydroxyl groups is 1. The van der Waals surface area contributed by atoms with Gasteiger partial charge < -0.3 is 10.2 Å². The summed E-state index contributed by atoms with van der Waals surface area (Å²) >= 11 is 3.40. The molecule has 0 aliphatic carbocycles. The summed E-state index contributed by atoms with van der Waals surface area (Å²) in [7, 11) is 0. The van der Waals surface area contributed by atoms with E-state index in [1.807, 2.05) is 6.92 Å². The van der Waals surface area contributed by atoms with Crippen molar-refractivity contribution in [3.8, 4) is 0 Å². The van der Waals surface area contributed by atoms with E-state index in [1.54, 1.807) is 32.0 Å². The summed E-state index contributed by atoms with van der Waals surface area (Å²) in [5, 5.41) is 18.8. The van der Waals surface area contributed by atoms with Gasteiger partial charge in [-0.25, -0.2) is 4.79 Å². The van der Waals surface area contributed by atoms with Crippen LogP contribution in [-0.2, 0) is 6.54 Å². The second kappa shape index (κ2) is 6.50. The van der Waals surface area contributed by atoms with Gasteiger partial charge in [-0.1, -0.05) is 28.9 Å². The number of hydrogen-bond donors (Lipinski definition) is 2.